The normalized spacial score (nSPS) is 16.8. The summed E-state index contributed by atoms with van der Waals surface area (Å²) in [5.74, 6) is -0.330. The molecule has 1 fully saturated rings. The second kappa shape index (κ2) is 4.31. The minimum Gasteiger partial charge on any atom is -0.345 e. The Kier molecular flexibility index (Phi) is 2.90. The third kappa shape index (κ3) is 2.17. The lowest BCUT2D eigenvalue weighted by Crippen LogP contribution is -2.37. The van der Waals surface area contributed by atoms with E-state index < -0.39 is 0 Å². The number of carbonyl (C=O) groups is 1. The van der Waals surface area contributed by atoms with Crippen molar-refractivity contribution >= 4 is 43.3 Å². The Morgan fingerprint density at radius 3 is 2.89 bits per heavy atom. The van der Waals surface area contributed by atoms with E-state index in [4.69, 9.17) is 0 Å². The highest BCUT2D eigenvalue weighted by atomic mass is 79.9. The van der Waals surface area contributed by atoms with Crippen LogP contribution in [0.1, 0.15) is 22.5 Å². The van der Waals surface area contributed by atoms with E-state index in [9.17, 15) is 9.18 Å². The molecule has 2 aromatic rings. The number of amides is 1. The Morgan fingerprint density at radius 1 is 1.44 bits per heavy atom. The summed E-state index contributed by atoms with van der Waals surface area (Å²) in [5.41, 5.74) is -0.0570. The molecule has 0 bridgehead atoms. The van der Waals surface area contributed by atoms with E-state index in [2.05, 4.69) is 21.2 Å². The zero-order valence-corrected chi connectivity index (χ0v) is 11.9. The lowest BCUT2D eigenvalue weighted by Gasteiger charge is -2.12. The van der Waals surface area contributed by atoms with Crippen LogP contribution >= 0.6 is 27.3 Å². The molecule has 5 heteroatoms. The van der Waals surface area contributed by atoms with Gasteiger partial charge in [-0.3, -0.25) is 4.79 Å². The quantitative estimate of drug-likeness (QED) is 0.856. The molecule has 1 aliphatic rings. The zero-order chi connectivity index (χ0) is 12.8. The van der Waals surface area contributed by atoms with Crippen LogP contribution < -0.4 is 5.32 Å². The molecule has 1 amide bonds. The number of nitrogens with one attached hydrogen (secondary N) is 1. The highest BCUT2D eigenvalue weighted by Gasteiger charge is 2.43. The van der Waals surface area contributed by atoms with E-state index in [0.29, 0.717) is 4.88 Å². The SMILES string of the molecule is O=C(NC1(CBr)CC1)c1cc2ccc(F)cc2s1. The van der Waals surface area contributed by atoms with E-state index >= 15 is 0 Å². The molecule has 1 aliphatic carbocycles. The van der Waals surface area contributed by atoms with Gasteiger partial charge in [-0.05, 0) is 36.4 Å². The van der Waals surface area contributed by atoms with Crippen LogP contribution in [0.2, 0.25) is 0 Å². The van der Waals surface area contributed by atoms with Gasteiger partial charge >= 0.3 is 0 Å². The van der Waals surface area contributed by atoms with Gasteiger partial charge in [0.1, 0.15) is 5.82 Å². The number of halogens is 2. The van der Waals surface area contributed by atoms with Crippen molar-refractivity contribution in [3.8, 4) is 0 Å². The summed E-state index contributed by atoms with van der Waals surface area (Å²) in [5, 5.41) is 4.74. The maximum Gasteiger partial charge on any atom is 0.261 e. The predicted molar refractivity (Wildman–Crippen MR) is 75.0 cm³/mol. The molecule has 1 N–H and O–H groups in total. The molecular weight excluding hydrogens is 317 g/mol. The molecule has 0 aliphatic heterocycles. The predicted octanol–water partition coefficient (Wildman–Crippen LogP) is 3.70. The number of benzene rings is 1. The fourth-order valence-corrected chi connectivity index (χ4v) is 3.55. The molecule has 1 aromatic carbocycles. The molecule has 1 heterocycles. The molecule has 0 saturated heterocycles. The standard InChI is InChI=1S/C13H11BrFNOS/c14-7-13(3-4-13)16-12(17)11-5-8-1-2-9(15)6-10(8)18-11/h1-2,5-6H,3-4,7H2,(H,16,17). The highest BCUT2D eigenvalue weighted by molar-refractivity contribution is 9.09. The summed E-state index contributed by atoms with van der Waals surface area (Å²) < 4.78 is 13.9. The van der Waals surface area contributed by atoms with Gasteiger partial charge in [-0.1, -0.05) is 22.0 Å². The molecule has 0 radical (unpaired) electrons. The molecule has 1 aromatic heterocycles. The molecule has 2 nitrogen and oxygen atoms in total. The fourth-order valence-electron chi connectivity index (χ4n) is 1.86. The smallest absolute Gasteiger partial charge is 0.261 e. The molecule has 18 heavy (non-hydrogen) atoms. The Labute approximate surface area is 116 Å². The summed E-state index contributed by atoms with van der Waals surface area (Å²) in [6, 6.07) is 6.40. The van der Waals surface area contributed by atoms with E-state index in [1.807, 2.05) is 6.07 Å². The van der Waals surface area contributed by atoms with Crippen LogP contribution in [0, 0.1) is 5.82 Å². The first kappa shape index (κ1) is 12.1. The summed E-state index contributed by atoms with van der Waals surface area (Å²) in [6.07, 6.45) is 2.03. The van der Waals surface area contributed by atoms with E-state index in [1.54, 1.807) is 6.07 Å². The van der Waals surface area contributed by atoms with Crippen molar-refractivity contribution in [2.24, 2.45) is 0 Å². The van der Waals surface area contributed by atoms with Gasteiger partial charge in [-0.2, -0.15) is 0 Å². The molecule has 3 rings (SSSR count). The van der Waals surface area contributed by atoms with Gasteiger partial charge in [0.15, 0.2) is 0 Å². The highest BCUT2D eigenvalue weighted by Crippen LogP contribution is 2.37. The minimum absolute atomic E-state index is 0.0570. The van der Waals surface area contributed by atoms with Crippen molar-refractivity contribution in [2.45, 2.75) is 18.4 Å². The first-order valence-corrected chi connectivity index (χ1v) is 7.63. The lowest BCUT2D eigenvalue weighted by atomic mass is 10.2. The summed E-state index contributed by atoms with van der Waals surface area (Å²) in [7, 11) is 0. The van der Waals surface area contributed by atoms with Crippen LogP contribution in [-0.4, -0.2) is 16.8 Å². The second-order valence-electron chi connectivity index (χ2n) is 4.66. The Bertz CT molecular complexity index is 620. The van der Waals surface area contributed by atoms with Crippen LogP contribution in [0.4, 0.5) is 4.39 Å². The van der Waals surface area contributed by atoms with Gasteiger partial charge in [-0.25, -0.2) is 4.39 Å². The summed E-state index contributed by atoms with van der Waals surface area (Å²) >= 11 is 4.75. The third-order valence-corrected chi connectivity index (χ3v) is 5.36. The molecule has 0 atom stereocenters. The minimum atomic E-state index is -0.268. The van der Waals surface area contributed by atoms with Gasteiger partial charge < -0.3 is 5.32 Å². The van der Waals surface area contributed by atoms with Gasteiger partial charge in [0, 0.05) is 10.0 Å². The zero-order valence-electron chi connectivity index (χ0n) is 9.50. The number of hydrogen-bond acceptors (Lipinski definition) is 2. The number of fused-ring (bicyclic) bond motifs is 1. The number of alkyl halides is 1. The van der Waals surface area contributed by atoms with Gasteiger partial charge in [0.05, 0.1) is 10.4 Å². The van der Waals surface area contributed by atoms with Crippen molar-refractivity contribution in [3.05, 3.63) is 35.0 Å². The first-order chi connectivity index (χ1) is 8.62. The first-order valence-electron chi connectivity index (χ1n) is 5.69. The average molecular weight is 328 g/mol. The molecular formula is C13H11BrFNOS. The van der Waals surface area contributed by atoms with E-state index in [-0.39, 0.29) is 17.3 Å². The number of rotatable bonds is 3. The van der Waals surface area contributed by atoms with Crippen molar-refractivity contribution in [3.63, 3.8) is 0 Å². The topological polar surface area (TPSA) is 29.1 Å². The number of thiophene rings is 1. The monoisotopic (exact) mass is 327 g/mol. The van der Waals surface area contributed by atoms with Gasteiger partial charge in [-0.15, -0.1) is 11.3 Å². The molecule has 0 spiro atoms. The van der Waals surface area contributed by atoms with Crippen LogP contribution in [0.3, 0.4) is 0 Å². The lowest BCUT2D eigenvalue weighted by molar-refractivity contribution is 0.0940. The van der Waals surface area contributed by atoms with Crippen molar-refractivity contribution < 1.29 is 9.18 Å². The summed E-state index contributed by atoms with van der Waals surface area (Å²) in [6.45, 7) is 0. The molecule has 0 unspecified atom stereocenters. The average Bonchev–Trinajstić information content (AvgIpc) is 2.99. The Balaban J connectivity index is 1.87. The maximum atomic E-state index is 13.1. The largest absolute Gasteiger partial charge is 0.345 e. The maximum absolute atomic E-state index is 13.1. The number of hydrogen-bond donors (Lipinski definition) is 1. The van der Waals surface area contributed by atoms with Crippen LogP contribution in [-0.2, 0) is 0 Å². The molecule has 94 valence electrons. The fraction of sp³-hybridized carbons (Fsp3) is 0.308. The Hall–Kier alpha value is -0.940. The van der Waals surface area contributed by atoms with Crippen LogP contribution in [0.25, 0.3) is 10.1 Å². The third-order valence-electron chi connectivity index (χ3n) is 3.19. The summed E-state index contributed by atoms with van der Waals surface area (Å²) in [4.78, 5) is 12.7. The van der Waals surface area contributed by atoms with E-state index in [1.165, 1.54) is 23.5 Å². The van der Waals surface area contributed by atoms with E-state index in [0.717, 1.165) is 28.3 Å². The van der Waals surface area contributed by atoms with Crippen LogP contribution in [0.5, 0.6) is 0 Å². The van der Waals surface area contributed by atoms with Crippen molar-refractivity contribution in [1.82, 2.24) is 5.32 Å². The van der Waals surface area contributed by atoms with Crippen molar-refractivity contribution in [2.75, 3.05) is 5.33 Å². The van der Waals surface area contributed by atoms with Crippen LogP contribution in [0.15, 0.2) is 24.3 Å². The van der Waals surface area contributed by atoms with Gasteiger partial charge in [0.2, 0.25) is 0 Å². The molecule has 1 saturated carbocycles. The van der Waals surface area contributed by atoms with Crippen molar-refractivity contribution in [1.29, 1.82) is 0 Å². The second-order valence-corrected chi connectivity index (χ2v) is 6.31. The Morgan fingerprint density at radius 2 is 2.22 bits per heavy atom. The number of carbonyl (C=O) groups excluding carboxylic acids is 1. The van der Waals surface area contributed by atoms with Gasteiger partial charge in [0.25, 0.3) is 5.91 Å².